The second-order valence-electron chi connectivity index (χ2n) is 5.74. The van der Waals surface area contributed by atoms with Gasteiger partial charge in [-0.15, -0.1) is 0 Å². The van der Waals surface area contributed by atoms with E-state index in [4.69, 9.17) is 27.9 Å². The second kappa shape index (κ2) is 8.72. The standard InChI is InChI=1S/C21H16BrCl2NO/c1-14-19(24)6-3-7-20(14)25-12-16-11-17(22)8-9-21(16)26-13-15-4-2-5-18(23)10-15/h2-12H,13H2,1H3. The van der Waals surface area contributed by atoms with E-state index in [0.29, 0.717) is 16.7 Å². The molecule has 132 valence electrons. The fraction of sp³-hybridized carbons (Fsp3) is 0.0952. The molecule has 3 rings (SSSR count). The van der Waals surface area contributed by atoms with Crippen LogP contribution in [0.15, 0.2) is 70.1 Å². The van der Waals surface area contributed by atoms with Gasteiger partial charge in [0.1, 0.15) is 12.4 Å². The highest BCUT2D eigenvalue weighted by atomic mass is 79.9. The molecular formula is C21H16BrCl2NO. The molecule has 0 amide bonds. The van der Waals surface area contributed by atoms with Gasteiger partial charge in [-0.25, -0.2) is 0 Å². The number of benzene rings is 3. The van der Waals surface area contributed by atoms with E-state index in [-0.39, 0.29) is 0 Å². The van der Waals surface area contributed by atoms with Crippen molar-refractivity contribution in [1.29, 1.82) is 0 Å². The van der Waals surface area contributed by atoms with E-state index >= 15 is 0 Å². The second-order valence-corrected chi connectivity index (χ2v) is 7.50. The van der Waals surface area contributed by atoms with Crippen molar-refractivity contribution in [3.05, 3.63) is 91.9 Å². The molecule has 0 aliphatic rings. The average molecular weight is 449 g/mol. The fourth-order valence-electron chi connectivity index (χ4n) is 2.41. The van der Waals surface area contributed by atoms with E-state index < -0.39 is 0 Å². The topological polar surface area (TPSA) is 21.6 Å². The van der Waals surface area contributed by atoms with Crippen molar-refractivity contribution < 1.29 is 4.74 Å². The summed E-state index contributed by atoms with van der Waals surface area (Å²) in [5.74, 6) is 0.747. The monoisotopic (exact) mass is 447 g/mol. The van der Waals surface area contributed by atoms with Crippen LogP contribution in [0.5, 0.6) is 5.75 Å². The minimum absolute atomic E-state index is 0.430. The Morgan fingerprint density at radius 3 is 2.65 bits per heavy atom. The van der Waals surface area contributed by atoms with Crippen molar-refractivity contribution in [3.8, 4) is 5.75 Å². The van der Waals surface area contributed by atoms with Crippen LogP contribution < -0.4 is 4.74 Å². The van der Waals surface area contributed by atoms with Crippen LogP contribution in [0.3, 0.4) is 0 Å². The predicted molar refractivity (Wildman–Crippen MR) is 113 cm³/mol. The number of halogens is 3. The zero-order valence-corrected chi connectivity index (χ0v) is 17.1. The van der Waals surface area contributed by atoms with Gasteiger partial charge in [0.05, 0.1) is 5.69 Å². The summed E-state index contributed by atoms with van der Waals surface area (Å²) >= 11 is 15.7. The summed E-state index contributed by atoms with van der Waals surface area (Å²) < 4.78 is 6.93. The summed E-state index contributed by atoms with van der Waals surface area (Å²) in [6.45, 7) is 2.38. The lowest BCUT2D eigenvalue weighted by molar-refractivity contribution is 0.306. The van der Waals surface area contributed by atoms with Gasteiger partial charge in [-0.05, 0) is 60.5 Å². The lowest BCUT2D eigenvalue weighted by Gasteiger charge is -2.10. The lowest BCUT2D eigenvalue weighted by Crippen LogP contribution is -1.98. The van der Waals surface area contributed by atoms with E-state index in [0.717, 1.165) is 32.6 Å². The molecule has 0 bridgehead atoms. The van der Waals surface area contributed by atoms with Crippen molar-refractivity contribution in [2.75, 3.05) is 0 Å². The minimum Gasteiger partial charge on any atom is -0.488 e. The first-order valence-corrected chi connectivity index (χ1v) is 9.54. The smallest absolute Gasteiger partial charge is 0.128 e. The number of nitrogens with zero attached hydrogens (tertiary/aromatic N) is 1. The van der Waals surface area contributed by atoms with E-state index in [2.05, 4.69) is 20.9 Å². The molecule has 0 radical (unpaired) electrons. The van der Waals surface area contributed by atoms with Gasteiger partial charge in [0.2, 0.25) is 0 Å². The van der Waals surface area contributed by atoms with Crippen LogP contribution in [0.2, 0.25) is 10.0 Å². The van der Waals surface area contributed by atoms with Crippen LogP contribution in [0.4, 0.5) is 5.69 Å². The summed E-state index contributed by atoms with van der Waals surface area (Å²) in [6.07, 6.45) is 1.79. The van der Waals surface area contributed by atoms with Gasteiger partial charge < -0.3 is 4.74 Å². The zero-order chi connectivity index (χ0) is 18.5. The van der Waals surface area contributed by atoms with Crippen molar-refractivity contribution >= 4 is 51.0 Å². The van der Waals surface area contributed by atoms with E-state index in [1.807, 2.05) is 67.6 Å². The SMILES string of the molecule is Cc1c(Cl)cccc1N=Cc1cc(Br)ccc1OCc1cccc(Cl)c1. The maximum absolute atomic E-state index is 6.17. The molecule has 26 heavy (non-hydrogen) atoms. The highest BCUT2D eigenvalue weighted by Gasteiger charge is 2.05. The molecule has 0 aliphatic carbocycles. The average Bonchev–Trinajstić information content (AvgIpc) is 2.62. The van der Waals surface area contributed by atoms with Crippen molar-refractivity contribution in [1.82, 2.24) is 0 Å². The maximum Gasteiger partial charge on any atom is 0.128 e. The molecule has 3 aromatic carbocycles. The molecule has 3 aromatic rings. The molecule has 0 atom stereocenters. The van der Waals surface area contributed by atoms with E-state index in [9.17, 15) is 0 Å². The first kappa shape index (κ1) is 19.0. The maximum atomic E-state index is 6.17. The molecule has 5 heteroatoms. The summed E-state index contributed by atoms with van der Waals surface area (Å²) in [4.78, 5) is 4.58. The molecule has 0 saturated heterocycles. The first-order valence-electron chi connectivity index (χ1n) is 7.99. The molecule has 0 N–H and O–H groups in total. The summed E-state index contributed by atoms with van der Waals surface area (Å²) in [7, 11) is 0. The molecule has 0 fully saturated rings. The number of ether oxygens (including phenoxy) is 1. The number of hydrogen-bond donors (Lipinski definition) is 0. The Morgan fingerprint density at radius 1 is 1.04 bits per heavy atom. The van der Waals surface area contributed by atoms with Crippen molar-refractivity contribution in [2.45, 2.75) is 13.5 Å². The highest BCUT2D eigenvalue weighted by Crippen LogP contribution is 2.27. The molecule has 0 saturated carbocycles. The quantitative estimate of drug-likeness (QED) is 0.372. The van der Waals surface area contributed by atoms with Crippen LogP contribution in [0.25, 0.3) is 0 Å². The van der Waals surface area contributed by atoms with Crippen LogP contribution in [0.1, 0.15) is 16.7 Å². The summed E-state index contributed by atoms with van der Waals surface area (Å²) in [5.41, 5.74) is 3.66. The van der Waals surface area contributed by atoms with E-state index in [1.165, 1.54) is 0 Å². The van der Waals surface area contributed by atoms with Gasteiger partial charge in [0.15, 0.2) is 0 Å². The molecule has 0 aromatic heterocycles. The Morgan fingerprint density at radius 2 is 1.85 bits per heavy atom. The highest BCUT2D eigenvalue weighted by molar-refractivity contribution is 9.10. The molecule has 0 aliphatic heterocycles. The Bertz CT molecular complexity index is 956. The van der Waals surface area contributed by atoms with Crippen molar-refractivity contribution in [2.24, 2.45) is 4.99 Å². The molecule has 0 heterocycles. The number of hydrogen-bond acceptors (Lipinski definition) is 2. The third-order valence-electron chi connectivity index (χ3n) is 3.84. The van der Waals surface area contributed by atoms with Gasteiger partial charge in [-0.3, -0.25) is 4.99 Å². The normalized spacial score (nSPS) is 11.1. The van der Waals surface area contributed by atoms with Gasteiger partial charge in [-0.2, -0.15) is 0 Å². The molecule has 2 nitrogen and oxygen atoms in total. The minimum atomic E-state index is 0.430. The largest absolute Gasteiger partial charge is 0.488 e. The van der Waals surface area contributed by atoms with Gasteiger partial charge in [0, 0.05) is 26.3 Å². The fourth-order valence-corrected chi connectivity index (χ4v) is 3.18. The van der Waals surface area contributed by atoms with Gasteiger partial charge in [-0.1, -0.05) is 57.3 Å². The van der Waals surface area contributed by atoms with Gasteiger partial charge >= 0.3 is 0 Å². The van der Waals surface area contributed by atoms with Crippen LogP contribution in [-0.4, -0.2) is 6.21 Å². The molecule has 0 spiro atoms. The van der Waals surface area contributed by atoms with Crippen molar-refractivity contribution in [3.63, 3.8) is 0 Å². The summed E-state index contributed by atoms with van der Waals surface area (Å²) in [5, 5.41) is 1.39. The summed E-state index contributed by atoms with van der Waals surface area (Å²) in [6, 6.07) is 19.1. The third-order valence-corrected chi connectivity index (χ3v) is 4.97. The zero-order valence-electron chi connectivity index (χ0n) is 14.0. The first-order chi connectivity index (χ1) is 12.5. The Labute approximate surface area is 171 Å². The third kappa shape index (κ3) is 4.88. The molecular weight excluding hydrogens is 433 g/mol. The van der Waals surface area contributed by atoms with Gasteiger partial charge in [0.25, 0.3) is 0 Å². The Hall–Kier alpha value is -1.81. The lowest BCUT2D eigenvalue weighted by atomic mass is 10.2. The van der Waals surface area contributed by atoms with Crippen LogP contribution >= 0.6 is 39.1 Å². The Kier molecular flexibility index (Phi) is 6.36. The number of aliphatic imine (C=N–C) groups is 1. The van der Waals surface area contributed by atoms with Crippen LogP contribution in [-0.2, 0) is 6.61 Å². The molecule has 0 unspecified atom stereocenters. The Balaban J connectivity index is 1.84. The predicted octanol–water partition coefficient (Wildman–Crippen LogP) is 7.39. The van der Waals surface area contributed by atoms with Crippen LogP contribution in [0, 0.1) is 6.92 Å². The van der Waals surface area contributed by atoms with E-state index in [1.54, 1.807) is 6.21 Å². The number of rotatable bonds is 5.